The van der Waals surface area contributed by atoms with Crippen LogP contribution in [0.4, 0.5) is 0 Å². The summed E-state index contributed by atoms with van der Waals surface area (Å²) in [6.07, 6.45) is 18.3. The summed E-state index contributed by atoms with van der Waals surface area (Å²) in [5.41, 5.74) is 5.47. The van der Waals surface area contributed by atoms with Crippen LogP contribution in [0.2, 0.25) is 0 Å². The van der Waals surface area contributed by atoms with Crippen LogP contribution in [0.15, 0.2) is 0 Å². The number of hydrogen-bond donors (Lipinski definition) is 1. The molecule has 0 saturated carbocycles. The van der Waals surface area contributed by atoms with Gasteiger partial charge in [0.25, 0.3) is 0 Å². The highest BCUT2D eigenvalue weighted by atomic mass is 14.5. The second-order valence-electron chi connectivity index (χ2n) is 5.53. The van der Waals surface area contributed by atoms with Gasteiger partial charge >= 0.3 is 0 Å². The quantitative estimate of drug-likeness (QED) is 0.349. The third-order valence-corrected chi connectivity index (χ3v) is 3.54. The van der Waals surface area contributed by atoms with Crippen LogP contribution in [-0.2, 0) is 0 Å². The molecule has 0 fully saturated rings. The Kier molecular flexibility index (Phi) is 17.1. The molecule has 0 unspecified atom stereocenters. The van der Waals surface area contributed by atoms with E-state index in [0.29, 0.717) is 0 Å². The minimum atomic E-state index is 0.858. The van der Waals surface area contributed by atoms with E-state index in [0.717, 1.165) is 19.4 Å². The third-order valence-electron chi connectivity index (χ3n) is 3.54. The first-order chi connectivity index (χ1) is 9.41. The van der Waals surface area contributed by atoms with E-state index in [-0.39, 0.29) is 0 Å². The second kappa shape index (κ2) is 17.5. The molecule has 0 aromatic carbocycles. The zero-order valence-corrected chi connectivity index (χ0v) is 13.2. The predicted molar refractivity (Wildman–Crippen MR) is 87.1 cm³/mol. The Hall–Kier alpha value is -0.480. The zero-order chi connectivity index (χ0) is 14.0. The Balaban J connectivity index is 3.04. The smallest absolute Gasteiger partial charge is 0.00886 e. The lowest BCUT2D eigenvalue weighted by Gasteiger charge is -2.00. The van der Waals surface area contributed by atoms with Crippen molar-refractivity contribution in [1.29, 1.82) is 0 Å². The fourth-order valence-electron chi connectivity index (χ4n) is 2.24. The van der Waals surface area contributed by atoms with Gasteiger partial charge in [-0.05, 0) is 25.8 Å². The maximum atomic E-state index is 5.47. The lowest BCUT2D eigenvalue weighted by atomic mass is 10.1. The van der Waals surface area contributed by atoms with Gasteiger partial charge in [-0.2, -0.15) is 0 Å². The molecular formula is C18H35N. The molecule has 0 aromatic heterocycles. The van der Waals surface area contributed by atoms with Crippen LogP contribution in [0, 0.1) is 11.8 Å². The summed E-state index contributed by atoms with van der Waals surface area (Å²) in [6, 6.07) is 0. The van der Waals surface area contributed by atoms with Crippen molar-refractivity contribution < 1.29 is 0 Å². The number of nitrogens with two attached hydrogens (primary N) is 1. The van der Waals surface area contributed by atoms with Gasteiger partial charge in [-0.25, -0.2) is 0 Å². The van der Waals surface area contributed by atoms with Gasteiger partial charge < -0.3 is 5.73 Å². The topological polar surface area (TPSA) is 26.0 Å². The summed E-state index contributed by atoms with van der Waals surface area (Å²) < 4.78 is 0. The molecule has 0 aliphatic rings. The molecule has 0 aliphatic carbocycles. The Labute approximate surface area is 121 Å². The Morgan fingerprint density at radius 2 is 1.00 bits per heavy atom. The van der Waals surface area contributed by atoms with Crippen molar-refractivity contribution in [2.45, 2.75) is 96.8 Å². The van der Waals surface area contributed by atoms with Gasteiger partial charge in [-0.15, -0.1) is 11.8 Å². The van der Waals surface area contributed by atoms with Gasteiger partial charge in [0, 0.05) is 12.8 Å². The molecule has 1 heteroatoms. The lowest BCUT2D eigenvalue weighted by Crippen LogP contribution is -1.97. The standard InChI is InChI=1S/C18H35N/c1-2-3-4-5-6-7-8-9-10-11-12-13-14-15-16-17-18-19/h2-6,9-19H2,1H3. The largest absolute Gasteiger partial charge is 0.330 e. The van der Waals surface area contributed by atoms with Gasteiger partial charge in [-0.1, -0.05) is 64.7 Å². The normalized spacial score (nSPS) is 10.2. The van der Waals surface area contributed by atoms with E-state index >= 15 is 0 Å². The average Bonchev–Trinajstić information content (AvgIpc) is 2.43. The zero-order valence-electron chi connectivity index (χ0n) is 13.2. The van der Waals surface area contributed by atoms with Gasteiger partial charge in [0.15, 0.2) is 0 Å². The van der Waals surface area contributed by atoms with Crippen LogP contribution in [0.3, 0.4) is 0 Å². The summed E-state index contributed by atoms with van der Waals surface area (Å²) in [5, 5.41) is 0. The molecule has 0 amide bonds. The Bertz CT molecular complexity index is 211. The predicted octanol–water partition coefficient (Wildman–Crippen LogP) is 5.43. The van der Waals surface area contributed by atoms with E-state index in [9.17, 15) is 0 Å². The molecule has 0 radical (unpaired) electrons. The fraction of sp³-hybridized carbons (Fsp3) is 0.889. The van der Waals surface area contributed by atoms with Gasteiger partial charge in [-0.3, -0.25) is 0 Å². The van der Waals surface area contributed by atoms with Crippen molar-refractivity contribution in [3.05, 3.63) is 0 Å². The molecule has 0 atom stereocenters. The molecule has 112 valence electrons. The molecule has 0 saturated heterocycles. The van der Waals surface area contributed by atoms with Crippen LogP contribution < -0.4 is 5.73 Å². The summed E-state index contributed by atoms with van der Waals surface area (Å²) in [7, 11) is 0. The monoisotopic (exact) mass is 265 g/mol. The van der Waals surface area contributed by atoms with Gasteiger partial charge in [0.2, 0.25) is 0 Å². The van der Waals surface area contributed by atoms with E-state index in [1.165, 1.54) is 77.0 Å². The first-order valence-corrected chi connectivity index (χ1v) is 8.57. The number of hydrogen-bond acceptors (Lipinski definition) is 1. The molecule has 0 bridgehead atoms. The molecule has 0 spiro atoms. The molecule has 0 rings (SSSR count). The van der Waals surface area contributed by atoms with Gasteiger partial charge in [0.05, 0.1) is 0 Å². The number of rotatable bonds is 13. The van der Waals surface area contributed by atoms with E-state index in [1.807, 2.05) is 0 Å². The molecule has 0 heterocycles. The van der Waals surface area contributed by atoms with Crippen LogP contribution in [-0.4, -0.2) is 6.54 Å². The molecule has 0 aliphatic heterocycles. The van der Waals surface area contributed by atoms with Crippen molar-refractivity contribution in [2.24, 2.45) is 5.73 Å². The first kappa shape index (κ1) is 18.5. The maximum Gasteiger partial charge on any atom is 0.00886 e. The SMILES string of the molecule is CCCCCCC#CCCCCCCCCCCN. The summed E-state index contributed by atoms with van der Waals surface area (Å²) >= 11 is 0. The highest BCUT2D eigenvalue weighted by molar-refractivity contribution is 4.98. The number of unbranched alkanes of at least 4 members (excludes halogenated alkanes) is 12. The minimum absolute atomic E-state index is 0.858. The van der Waals surface area contributed by atoms with Crippen LogP contribution in [0.5, 0.6) is 0 Å². The summed E-state index contributed by atoms with van der Waals surface area (Å²) in [4.78, 5) is 0. The Morgan fingerprint density at radius 1 is 0.579 bits per heavy atom. The van der Waals surface area contributed by atoms with Crippen molar-refractivity contribution in [3.63, 3.8) is 0 Å². The average molecular weight is 265 g/mol. The first-order valence-electron chi connectivity index (χ1n) is 8.57. The van der Waals surface area contributed by atoms with Gasteiger partial charge in [0.1, 0.15) is 0 Å². The molecule has 0 aromatic rings. The van der Waals surface area contributed by atoms with Crippen LogP contribution >= 0.6 is 0 Å². The van der Waals surface area contributed by atoms with E-state index in [2.05, 4.69) is 18.8 Å². The van der Waals surface area contributed by atoms with Crippen molar-refractivity contribution in [3.8, 4) is 11.8 Å². The minimum Gasteiger partial charge on any atom is -0.330 e. The molecular weight excluding hydrogens is 230 g/mol. The van der Waals surface area contributed by atoms with E-state index in [4.69, 9.17) is 5.73 Å². The summed E-state index contributed by atoms with van der Waals surface area (Å²) in [5.74, 6) is 6.62. The van der Waals surface area contributed by atoms with E-state index in [1.54, 1.807) is 0 Å². The van der Waals surface area contributed by atoms with Crippen molar-refractivity contribution >= 4 is 0 Å². The fourth-order valence-corrected chi connectivity index (χ4v) is 2.24. The maximum absolute atomic E-state index is 5.47. The highest BCUT2D eigenvalue weighted by Gasteiger charge is 1.91. The van der Waals surface area contributed by atoms with Crippen molar-refractivity contribution in [2.75, 3.05) is 6.54 Å². The van der Waals surface area contributed by atoms with Crippen LogP contribution in [0.1, 0.15) is 96.8 Å². The lowest BCUT2D eigenvalue weighted by molar-refractivity contribution is 0.573. The third kappa shape index (κ3) is 17.5. The van der Waals surface area contributed by atoms with Crippen molar-refractivity contribution in [1.82, 2.24) is 0 Å². The van der Waals surface area contributed by atoms with E-state index < -0.39 is 0 Å². The summed E-state index contributed by atoms with van der Waals surface area (Å²) in [6.45, 7) is 3.11. The molecule has 1 nitrogen and oxygen atoms in total. The molecule has 2 N–H and O–H groups in total. The second-order valence-corrected chi connectivity index (χ2v) is 5.53. The van der Waals surface area contributed by atoms with Crippen LogP contribution in [0.25, 0.3) is 0 Å². The molecule has 19 heavy (non-hydrogen) atoms. The Morgan fingerprint density at radius 3 is 1.47 bits per heavy atom. The highest BCUT2D eigenvalue weighted by Crippen LogP contribution is 2.09.